The van der Waals surface area contributed by atoms with Crippen molar-refractivity contribution in [2.45, 2.75) is 39.2 Å². The first-order chi connectivity index (χ1) is 11.2. The molecule has 3 rings (SSSR count). The molecule has 0 saturated carbocycles. The zero-order valence-electron chi connectivity index (χ0n) is 13.9. The molecule has 0 radical (unpaired) electrons. The second kappa shape index (κ2) is 7.56. The number of allylic oxidation sites excluding steroid dienone is 1. The number of rotatable bonds is 6. The van der Waals surface area contributed by atoms with Crippen LogP contribution in [0.25, 0.3) is 0 Å². The zero-order chi connectivity index (χ0) is 16.1. The van der Waals surface area contributed by atoms with Crippen molar-refractivity contribution >= 4 is 0 Å². The first-order valence-corrected chi connectivity index (χ1v) is 8.45. The molecule has 2 heteroatoms. The summed E-state index contributed by atoms with van der Waals surface area (Å²) in [5, 5.41) is 0. The van der Waals surface area contributed by atoms with Gasteiger partial charge in [-0.1, -0.05) is 42.5 Å². The van der Waals surface area contributed by atoms with Gasteiger partial charge in [-0.25, -0.2) is 0 Å². The lowest BCUT2D eigenvalue weighted by molar-refractivity contribution is 0.123. The number of hydrogen-bond acceptors (Lipinski definition) is 2. The molecule has 1 heterocycles. The lowest BCUT2D eigenvalue weighted by atomic mass is 9.79. The fourth-order valence-electron chi connectivity index (χ4n) is 3.32. The Labute approximate surface area is 139 Å². The fourth-order valence-corrected chi connectivity index (χ4v) is 3.32. The van der Waals surface area contributed by atoms with Gasteiger partial charge >= 0.3 is 0 Å². The third-order valence-corrected chi connectivity index (χ3v) is 4.77. The van der Waals surface area contributed by atoms with Crippen LogP contribution in [0.15, 0.2) is 54.9 Å². The molecule has 0 fully saturated rings. The molecule has 1 aromatic carbocycles. The second-order valence-corrected chi connectivity index (χ2v) is 6.51. The van der Waals surface area contributed by atoms with Crippen LogP contribution in [0.3, 0.4) is 0 Å². The van der Waals surface area contributed by atoms with Gasteiger partial charge in [-0.3, -0.25) is 4.98 Å². The Morgan fingerprint density at radius 3 is 2.87 bits per heavy atom. The Morgan fingerprint density at radius 2 is 2.09 bits per heavy atom. The van der Waals surface area contributed by atoms with Crippen LogP contribution in [0, 0.1) is 5.92 Å². The highest BCUT2D eigenvalue weighted by molar-refractivity contribution is 5.35. The van der Waals surface area contributed by atoms with Crippen molar-refractivity contribution in [3.8, 4) is 0 Å². The third-order valence-electron chi connectivity index (χ3n) is 4.77. The van der Waals surface area contributed by atoms with Crippen molar-refractivity contribution in [1.82, 2.24) is 4.98 Å². The molecule has 0 N–H and O–H groups in total. The second-order valence-electron chi connectivity index (χ2n) is 6.51. The summed E-state index contributed by atoms with van der Waals surface area (Å²) >= 11 is 0. The van der Waals surface area contributed by atoms with Gasteiger partial charge < -0.3 is 4.74 Å². The minimum atomic E-state index is 0.619. The van der Waals surface area contributed by atoms with E-state index in [9.17, 15) is 0 Å². The van der Waals surface area contributed by atoms with Crippen molar-refractivity contribution in [1.29, 1.82) is 0 Å². The van der Waals surface area contributed by atoms with E-state index in [4.69, 9.17) is 4.74 Å². The molecule has 1 aliphatic carbocycles. The van der Waals surface area contributed by atoms with Crippen LogP contribution in [-0.4, -0.2) is 11.6 Å². The zero-order valence-corrected chi connectivity index (χ0v) is 13.9. The highest BCUT2D eigenvalue weighted by Gasteiger charge is 2.21. The van der Waals surface area contributed by atoms with Gasteiger partial charge in [-0.2, -0.15) is 0 Å². The van der Waals surface area contributed by atoms with Crippen molar-refractivity contribution in [2.75, 3.05) is 6.61 Å². The SMILES string of the molecule is C=C(C)[C@H]1CCc2cncc(CCOCc3ccccc3)c2C1. The van der Waals surface area contributed by atoms with Crippen molar-refractivity contribution < 1.29 is 4.74 Å². The summed E-state index contributed by atoms with van der Waals surface area (Å²) in [4.78, 5) is 4.43. The summed E-state index contributed by atoms with van der Waals surface area (Å²) in [7, 11) is 0. The van der Waals surface area contributed by atoms with Gasteiger partial charge in [0.1, 0.15) is 0 Å². The molecule has 2 nitrogen and oxygen atoms in total. The molecular weight excluding hydrogens is 282 g/mol. The van der Waals surface area contributed by atoms with Crippen molar-refractivity contribution in [2.24, 2.45) is 5.92 Å². The fraction of sp³-hybridized carbons (Fsp3) is 0.381. The molecule has 2 aromatic rings. The lowest BCUT2D eigenvalue weighted by Crippen LogP contribution is -2.18. The predicted octanol–water partition coefficient (Wildman–Crippen LogP) is 4.52. The highest BCUT2D eigenvalue weighted by Crippen LogP contribution is 2.31. The van der Waals surface area contributed by atoms with Crippen LogP contribution in [0.5, 0.6) is 0 Å². The maximum Gasteiger partial charge on any atom is 0.0717 e. The quantitative estimate of drug-likeness (QED) is 0.578. The number of aromatic nitrogens is 1. The standard InChI is InChI=1S/C21H25NO/c1-16(2)18-8-9-19-13-22-14-20(21(19)12-18)10-11-23-15-17-6-4-3-5-7-17/h3-7,13-14,18H,1,8-12,15H2,2H3/t18-/m0/s1. The van der Waals surface area contributed by atoms with Gasteiger partial charge in [0.25, 0.3) is 0 Å². The Balaban J connectivity index is 1.59. The lowest BCUT2D eigenvalue weighted by Gasteiger charge is -2.26. The molecule has 0 spiro atoms. The molecule has 0 aliphatic heterocycles. The smallest absolute Gasteiger partial charge is 0.0717 e. The number of ether oxygens (including phenoxy) is 1. The van der Waals surface area contributed by atoms with Gasteiger partial charge in [-0.05, 0) is 60.8 Å². The number of hydrogen-bond donors (Lipinski definition) is 0. The molecule has 23 heavy (non-hydrogen) atoms. The van der Waals surface area contributed by atoms with E-state index in [2.05, 4.69) is 30.6 Å². The first kappa shape index (κ1) is 15.9. The molecule has 0 amide bonds. The van der Waals surface area contributed by atoms with Gasteiger partial charge in [-0.15, -0.1) is 0 Å². The number of pyridine rings is 1. The van der Waals surface area contributed by atoms with Gasteiger partial charge in [0, 0.05) is 12.4 Å². The van der Waals surface area contributed by atoms with Crippen LogP contribution < -0.4 is 0 Å². The van der Waals surface area contributed by atoms with E-state index in [1.807, 2.05) is 30.6 Å². The average Bonchev–Trinajstić information content (AvgIpc) is 2.59. The predicted molar refractivity (Wildman–Crippen MR) is 94.4 cm³/mol. The topological polar surface area (TPSA) is 22.1 Å². The van der Waals surface area contributed by atoms with Gasteiger partial charge in [0.15, 0.2) is 0 Å². The van der Waals surface area contributed by atoms with Crippen molar-refractivity contribution in [3.63, 3.8) is 0 Å². The van der Waals surface area contributed by atoms with E-state index in [-0.39, 0.29) is 0 Å². The number of benzene rings is 1. The molecule has 1 atom stereocenters. The maximum absolute atomic E-state index is 5.84. The van der Waals surface area contributed by atoms with E-state index < -0.39 is 0 Å². The van der Waals surface area contributed by atoms with E-state index in [1.54, 1.807) is 0 Å². The van der Waals surface area contributed by atoms with Gasteiger partial charge in [0.2, 0.25) is 0 Å². The molecule has 0 saturated heterocycles. The molecule has 1 aromatic heterocycles. The number of aryl methyl sites for hydroxylation is 1. The Bertz CT molecular complexity index is 663. The normalized spacial score (nSPS) is 16.8. The molecule has 120 valence electrons. The van der Waals surface area contributed by atoms with Crippen molar-refractivity contribution in [3.05, 3.63) is 77.1 Å². The summed E-state index contributed by atoms with van der Waals surface area (Å²) in [5.41, 5.74) is 6.79. The van der Waals surface area contributed by atoms with Crippen LogP contribution in [0.1, 0.15) is 35.6 Å². The Hall–Kier alpha value is -1.93. The van der Waals surface area contributed by atoms with Crippen LogP contribution in [0.4, 0.5) is 0 Å². The van der Waals surface area contributed by atoms with E-state index in [1.165, 1.54) is 34.2 Å². The third kappa shape index (κ3) is 4.08. The van der Waals surface area contributed by atoms with Gasteiger partial charge in [0.05, 0.1) is 13.2 Å². The Morgan fingerprint density at radius 1 is 1.26 bits per heavy atom. The molecular formula is C21H25NO. The number of fused-ring (bicyclic) bond motifs is 1. The van der Waals surface area contributed by atoms with Crippen LogP contribution >= 0.6 is 0 Å². The van der Waals surface area contributed by atoms with E-state index in [0.29, 0.717) is 12.5 Å². The average molecular weight is 307 g/mol. The van der Waals surface area contributed by atoms with Crippen LogP contribution in [-0.2, 0) is 30.6 Å². The van der Waals surface area contributed by atoms with E-state index in [0.717, 1.165) is 25.9 Å². The van der Waals surface area contributed by atoms with Crippen LogP contribution in [0.2, 0.25) is 0 Å². The summed E-state index contributed by atoms with van der Waals surface area (Å²) in [6.45, 7) is 7.72. The monoisotopic (exact) mass is 307 g/mol. The molecule has 1 aliphatic rings. The summed E-state index contributed by atoms with van der Waals surface area (Å²) in [6.07, 6.45) is 8.44. The summed E-state index contributed by atoms with van der Waals surface area (Å²) in [5.74, 6) is 0.619. The largest absolute Gasteiger partial charge is 0.376 e. The number of nitrogens with zero attached hydrogens (tertiary/aromatic N) is 1. The minimum absolute atomic E-state index is 0.619. The first-order valence-electron chi connectivity index (χ1n) is 8.45. The maximum atomic E-state index is 5.84. The van der Waals surface area contributed by atoms with E-state index >= 15 is 0 Å². The summed E-state index contributed by atoms with van der Waals surface area (Å²) in [6, 6.07) is 10.3. The summed E-state index contributed by atoms with van der Waals surface area (Å²) < 4.78 is 5.84. The highest BCUT2D eigenvalue weighted by atomic mass is 16.5. The molecule has 0 bridgehead atoms. The minimum Gasteiger partial charge on any atom is -0.376 e. The Kier molecular flexibility index (Phi) is 5.24. The molecule has 0 unspecified atom stereocenters.